The summed E-state index contributed by atoms with van der Waals surface area (Å²) in [6, 6.07) is -0.675. The Morgan fingerprint density at radius 2 is 1.88 bits per heavy atom. The van der Waals surface area contributed by atoms with Gasteiger partial charge in [-0.25, -0.2) is 14.5 Å². The first-order valence-electron chi connectivity index (χ1n) is 8.45. The quantitative estimate of drug-likeness (QED) is 0.785. The summed E-state index contributed by atoms with van der Waals surface area (Å²) in [5.41, 5.74) is -0.632. The van der Waals surface area contributed by atoms with E-state index in [2.05, 4.69) is 0 Å². The van der Waals surface area contributed by atoms with Gasteiger partial charge in [0.05, 0.1) is 7.11 Å². The topological polar surface area (TPSA) is 76.2 Å². The molecule has 0 spiro atoms. The summed E-state index contributed by atoms with van der Waals surface area (Å²) in [4.78, 5) is 39.6. The van der Waals surface area contributed by atoms with Crippen molar-refractivity contribution in [2.45, 2.75) is 65.5 Å². The third kappa shape index (κ3) is 5.69. The van der Waals surface area contributed by atoms with Gasteiger partial charge in [0.25, 0.3) is 5.91 Å². The Hall–Kier alpha value is -1.79. The molecule has 0 aliphatic carbocycles. The number of hydrogen-bond donors (Lipinski definition) is 0. The summed E-state index contributed by atoms with van der Waals surface area (Å²) in [6.45, 7) is 10.1. The van der Waals surface area contributed by atoms with Crippen LogP contribution < -0.4 is 0 Å². The molecule has 1 heterocycles. The Kier molecular flexibility index (Phi) is 7.05. The van der Waals surface area contributed by atoms with Crippen molar-refractivity contribution in [3.63, 3.8) is 0 Å². The number of rotatable bonds is 4. The summed E-state index contributed by atoms with van der Waals surface area (Å²) in [5, 5.41) is 0. The summed E-state index contributed by atoms with van der Waals surface area (Å²) >= 11 is 0. The lowest BCUT2D eigenvalue weighted by molar-refractivity contribution is -0.134. The van der Waals surface area contributed by atoms with Crippen molar-refractivity contribution in [2.24, 2.45) is 5.92 Å². The van der Waals surface area contributed by atoms with Gasteiger partial charge in [-0.05, 0) is 46.0 Å². The second kappa shape index (κ2) is 8.35. The van der Waals surface area contributed by atoms with E-state index in [1.165, 1.54) is 12.0 Å². The van der Waals surface area contributed by atoms with E-state index < -0.39 is 29.7 Å². The fraction of sp³-hybridized carbons (Fsp3) is 0.824. The Bertz CT molecular complexity index is 470. The van der Waals surface area contributed by atoms with Gasteiger partial charge in [0.15, 0.2) is 0 Å². The van der Waals surface area contributed by atoms with Crippen LogP contribution >= 0.6 is 0 Å². The first-order valence-corrected chi connectivity index (χ1v) is 8.45. The summed E-state index contributed by atoms with van der Waals surface area (Å²) in [6.07, 6.45) is 0.700. The highest BCUT2D eigenvalue weighted by atomic mass is 16.6. The Labute approximate surface area is 144 Å². The zero-order valence-corrected chi connectivity index (χ0v) is 15.6. The first-order chi connectivity index (χ1) is 11.1. The number of amides is 3. The van der Waals surface area contributed by atoms with E-state index in [0.717, 1.165) is 4.90 Å². The molecule has 1 atom stereocenters. The third-order valence-corrected chi connectivity index (χ3v) is 3.76. The van der Waals surface area contributed by atoms with Gasteiger partial charge in [-0.2, -0.15) is 0 Å². The van der Waals surface area contributed by atoms with Crippen LogP contribution in [-0.4, -0.2) is 59.7 Å². The number of imide groups is 1. The number of hydrogen-bond acceptors (Lipinski definition) is 5. The molecule has 1 fully saturated rings. The van der Waals surface area contributed by atoms with Gasteiger partial charge in [0.1, 0.15) is 11.6 Å². The fourth-order valence-electron chi connectivity index (χ4n) is 2.53. The lowest BCUT2D eigenvalue weighted by Gasteiger charge is -2.30. The number of methoxy groups -OCH3 is 1. The molecule has 24 heavy (non-hydrogen) atoms. The van der Waals surface area contributed by atoms with Gasteiger partial charge >= 0.3 is 12.2 Å². The lowest BCUT2D eigenvalue weighted by Crippen LogP contribution is -2.51. The van der Waals surface area contributed by atoms with Gasteiger partial charge < -0.3 is 9.47 Å². The standard InChI is InChI=1S/C17H30N2O5/c1-12(2)9-11-19(15(21)23-6)14(20)13-8-7-10-18(13)16(22)24-17(3,4)5/h12-13H,7-11H2,1-6H3. The molecule has 1 saturated heterocycles. The van der Waals surface area contributed by atoms with Crippen LogP contribution in [0, 0.1) is 5.92 Å². The van der Waals surface area contributed by atoms with Gasteiger partial charge in [-0.15, -0.1) is 0 Å². The second-order valence-electron chi connectivity index (χ2n) is 7.47. The van der Waals surface area contributed by atoms with Crippen LogP contribution in [0.4, 0.5) is 9.59 Å². The molecule has 0 bridgehead atoms. The minimum atomic E-state index is -0.684. The van der Waals surface area contributed by atoms with E-state index in [1.807, 2.05) is 13.8 Å². The summed E-state index contributed by atoms with van der Waals surface area (Å²) in [5.74, 6) is -0.0543. The SMILES string of the molecule is COC(=O)N(CCC(C)C)C(=O)C1CCCN1C(=O)OC(C)(C)C. The van der Waals surface area contributed by atoms with E-state index in [0.29, 0.717) is 31.7 Å². The molecule has 138 valence electrons. The van der Waals surface area contributed by atoms with Gasteiger partial charge in [0, 0.05) is 13.1 Å². The van der Waals surface area contributed by atoms with Crippen LogP contribution in [0.5, 0.6) is 0 Å². The Morgan fingerprint density at radius 1 is 1.25 bits per heavy atom. The predicted octanol–water partition coefficient (Wildman–Crippen LogP) is 3.03. The maximum Gasteiger partial charge on any atom is 0.416 e. The third-order valence-electron chi connectivity index (χ3n) is 3.76. The summed E-state index contributed by atoms with van der Waals surface area (Å²) < 4.78 is 10.1. The van der Waals surface area contributed by atoms with Crippen LogP contribution in [-0.2, 0) is 14.3 Å². The van der Waals surface area contributed by atoms with Crippen molar-refractivity contribution < 1.29 is 23.9 Å². The van der Waals surface area contributed by atoms with Gasteiger partial charge in [-0.1, -0.05) is 13.8 Å². The fourth-order valence-corrected chi connectivity index (χ4v) is 2.53. The van der Waals surface area contributed by atoms with Gasteiger partial charge in [0.2, 0.25) is 0 Å². The normalized spacial score (nSPS) is 17.8. The molecule has 0 saturated carbocycles. The average molecular weight is 342 g/mol. The van der Waals surface area contributed by atoms with E-state index >= 15 is 0 Å². The number of nitrogens with zero attached hydrogens (tertiary/aromatic N) is 2. The molecule has 3 amide bonds. The Balaban J connectivity index is 2.87. The summed E-state index contributed by atoms with van der Waals surface area (Å²) in [7, 11) is 1.25. The van der Waals surface area contributed by atoms with Crippen molar-refractivity contribution in [2.75, 3.05) is 20.2 Å². The molecule has 1 unspecified atom stereocenters. The predicted molar refractivity (Wildman–Crippen MR) is 89.5 cm³/mol. The van der Waals surface area contributed by atoms with Crippen molar-refractivity contribution in [1.29, 1.82) is 0 Å². The monoisotopic (exact) mass is 342 g/mol. The second-order valence-corrected chi connectivity index (χ2v) is 7.47. The maximum absolute atomic E-state index is 12.8. The minimum Gasteiger partial charge on any atom is -0.452 e. The molecule has 7 heteroatoms. The van der Waals surface area contributed by atoms with Crippen LogP contribution in [0.1, 0.15) is 53.9 Å². The maximum atomic E-state index is 12.8. The molecular weight excluding hydrogens is 312 g/mol. The van der Waals surface area contributed by atoms with E-state index in [1.54, 1.807) is 20.8 Å². The molecule has 7 nitrogen and oxygen atoms in total. The molecule has 0 aromatic carbocycles. The van der Waals surface area contributed by atoms with Crippen molar-refractivity contribution in [3.8, 4) is 0 Å². The molecular formula is C17H30N2O5. The van der Waals surface area contributed by atoms with E-state index in [4.69, 9.17) is 9.47 Å². The zero-order chi connectivity index (χ0) is 18.5. The zero-order valence-electron chi connectivity index (χ0n) is 15.6. The number of ether oxygens (including phenoxy) is 2. The van der Waals surface area contributed by atoms with Gasteiger partial charge in [-0.3, -0.25) is 9.69 Å². The van der Waals surface area contributed by atoms with Crippen LogP contribution in [0.15, 0.2) is 0 Å². The number of likely N-dealkylation sites (tertiary alicyclic amines) is 1. The highest BCUT2D eigenvalue weighted by Gasteiger charge is 2.40. The average Bonchev–Trinajstić information content (AvgIpc) is 2.94. The smallest absolute Gasteiger partial charge is 0.416 e. The largest absolute Gasteiger partial charge is 0.452 e. The molecule has 0 radical (unpaired) electrons. The minimum absolute atomic E-state index is 0.280. The molecule has 1 rings (SSSR count). The number of carbonyl (C=O) groups excluding carboxylic acids is 3. The molecule has 0 aromatic heterocycles. The number of carbonyl (C=O) groups is 3. The molecule has 0 N–H and O–H groups in total. The lowest BCUT2D eigenvalue weighted by atomic mass is 10.1. The van der Waals surface area contributed by atoms with Crippen molar-refractivity contribution in [3.05, 3.63) is 0 Å². The van der Waals surface area contributed by atoms with Crippen LogP contribution in [0.3, 0.4) is 0 Å². The van der Waals surface area contributed by atoms with Crippen LogP contribution in [0.25, 0.3) is 0 Å². The van der Waals surface area contributed by atoms with E-state index in [-0.39, 0.29) is 6.54 Å². The molecule has 0 aromatic rings. The van der Waals surface area contributed by atoms with Crippen molar-refractivity contribution in [1.82, 2.24) is 9.80 Å². The highest BCUT2D eigenvalue weighted by Crippen LogP contribution is 2.23. The van der Waals surface area contributed by atoms with E-state index in [9.17, 15) is 14.4 Å². The highest BCUT2D eigenvalue weighted by molar-refractivity contribution is 5.96. The Morgan fingerprint density at radius 3 is 2.38 bits per heavy atom. The van der Waals surface area contributed by atoms with Crippen molar-refractivity contribution >= 4 is 18.1 Å². The molecule has 1 aliphatic heterocycles. The molecule has 1 aliphatic rings. The first kappa shape index (κ1) is 20.3. The van der Waals surface area contributed by atoms with Crippen LogP contribution in [0.2, 0.25) is 0 Å².